The predicted octanol–water partition coefficient (Wildman–Crippen LogP) is 1.48. The number of rotatable bonds is 4. The van der Waals surface area contributed by atoms with Crippen LogP contribution in [0, 0.1) is 0 Å². The first-order valence-electron chi connectivity index (χ1n) is 8.03. The molecule has 0 saturated carbocycles. The molecule has 0 spiro atoms. The van der Waals surface area contributed by atoms with Crippen molar-refractivity contribution in [2.45, 2.75) is 38.8 Å². The molecule has 22 heavy (non-hydrogen) atoms. The van der Waals surface area contributed by atoms with Gasteiger partial charge in [-0.05, 0) is 37.4 Å². The van der Waals surface area contributed by atoms with E-state index in [0.29, 0.717) is 12.6 Å². The molecule has 1 N–H and O–H groups in total. The number of hydrogen-bond acceptors (Lipinski definition) is 4. The molecular weight excluding hydrogens is 298 g/mol. The summed E-state index contributed by atoms with van der Waals surface area (Å²) in [6.07, 6.45) is 3.82. The fraction of sp³-hybridized carbons (Fsp3) is 0.625. The van der Waals surface area contributed by atoms with Crippen molar-refractivity contribution in [1.29, 1.82) is 0 Å². The quantitative estimate of drug-likeness (QED) is 0.855. The van der Waals surface area contributed by atoms with Crippen molar-refractivity contribution in [3.63, 3.8) is 0 Å². The van der Waals surface area contributed by atoms with Crippen LogP contribution in [-0.2, 0) is 17.8 Å². The van der Waals surface area contributed by atoms with Crippen LogP contribution in [0.3, 0.4) is 0 Å². The summed E-state index contributed by atoms with van der Waals surface area (Å²) in [5, 5.41) is 3.18. The van der Waals surface area contributed by atoms with Gasteiger partial charge < -0.3 is 15.1 Å². The van der Waals surface area contributed by atoms with Crippen molar-refractivity contribution in [1.82, 2.24) is 15.1 Å². The third kappa shape index (κ3) is 3.33. The van der Waals surface area contributed by atoms with Crippen LogP contribution in [0.2, 0.25) is 0 Å². The fourth-order valence-corrected chi connectivity index (χ4v) is 4.27. The number of piperidine rings is 1. The average Bonchev–Trinajstić information content (AvgIpc) is 2.98. The van der Waals surface area contributed by atoms with Gasteiger partial charge in [0, 0.05) is 37.1 Å². The minimum Gasteiger partial charge on any atom is -0.349 e. The maximum absolute atomic E-state index is 12.4. The lowest BCUT2D eigenvalue weighted by molar-refractivity contribution is -0.118. The van der Waals surface area contributed by atoms with E-state index in [2.05, 4.69) is 17.1 Å². The lowest BCUT2D eigenvalue weighted by atomic mass is 10.0. The summed E-state index contributed by atoms with van der Waals surface area (Å²) < 4.78 is 0. The van der Waals surface area contributed by atoms with Crippen LogP contribution in [0.5, 0.6) is 0 Å². The second-order valence-electron chi connectivity index (χ2n) is 6.07. The smallest absolute Gasteiger partial charge is 0.261 e. The van der Waals surface area contributed by atoms with Gasteiger partial charge in [0.1, 0.15) is 0 Å². The van der Waals surface area contributed by atoms with E-state index >= 15 is 0 Å². The highest BCUT2D eigenvalue weighted by molar-refractivity contribution is 7.14. The molecule has 0 unspecified atom stereocenters. The Balaban J connectivity index is 1.59. The molecule has 120 valence electrons. The second kappa shape index (κ2) is 6.79. The highest BCUT2D eigenvalue weighted by atomic mass is 32.1. The Morgan fingerprint density at radius 2 is 2.18 bits per heavy atom. The molecule has 1 aromatic rings. The number of hydrogen-bond donors (Lipinski definition) is 1. The molecule has 2 aliphatic rings. The van der Waals surface area contributed by atoms with E-state index in [1.165, 1.54) is 4.88 Å². The Morgan fingerprint density at radius 3 is 2.86 bits per heavy atom. The van der Waals surface area contributed by atoms with Crippen molar-refractivity contribution < 1.29 is 9.59 Å². The van der Waals surface area contributed by atoms with Crippen molar-refractivity contribution >= 4 is 23.7 Å². The summed E-state index contributed by atoms with van der Waals surface area (Å²) in [7, 11) is 0. The van der Waals surface area contributed by atoms with E-state index in [4.69, 9.17) is 0 Å². The van der Waals surface area contributed by atoms with Crippen LogP contribution in [0.25, 0.3) is 0 Å². The number of fused-ring (bicyclic) bond motifs is 1. The SMILES string of the molecule is CCN1CCC(NC(=O)c2cc3c(s2)CCN(C=O)C3)CC1. The molecule has 0 bridgehead atoms. The third-order valence-corrected chi connectivity index (χ3v) is 5.87. The molecule has 3 rings (SSSR count). The molecule has 6 heteroatoms. The van der Waals surface area contributed by atoms with Gasteiger partial charge in [0.25, 0.3) is 5.91 Å². The molecular formula is C16H23N3O2S. The summed E-state index contributed by atoms with van der Waals surface area (Å²) in [4.78, 5) is 29.5. The Hall–Kier alpha value is -1.40. The van der Waals surface area contributed by atoms with E-state index < -0.39 is 0 Å². The highest BCUT2D eigenvalue weighted by Crippen LogP contribution is 2.28. The molecule has 0 aromatic carbocycles. The third-order valence-electron chi connectivity index (χ3n) is 4.64. The zero-order chi connectivity index (χ0) is 15.5. The van der Waals surface area contributed by atoms with Crippen LogP contribution in [0.4, 0.5) is 0 Å². The van der Waals surface area contributed by atoms with E-state index in [1.807, 2.05) is 6.07 Å². The Bertz CT molecular complexity index is 550. The van der Waals surface area contributed by atoms with E-state index in [-0.39, 0.29) is 5.91 Å². The lowest BCUT2D eigenvalue weighted by Crippen LogP contribution is -2.44. The summed E-state index contributed by atoms with van der Waals surface area (Å²) in [6, 6.07) is 2.26. The zero-order valence-electron chi connectivity index (χ0n) is 13.0. The predicted molar refractivity (Wildman–Crippen MR) is 87.1 cm³/mol. The first-order valence-corrected chi connectivity index (χ1v) is 8.85. The molecule has 2 amide bonds. The van der Waals surface area contributed by atoms with Gasteiger partial charge in [-0.2, -0.15) is 0 Å². The lowest BCUT2D eigenvalue weighted by Gasteiger charge is -2.31. The standard InChI is InChI=1S/C16H23N3O2S/c1-2-18-6-3-13(4-7-18)17-16(21)15-9-12-10-19(11-20)8-5-14(12)22-15/h9,11,13H,2-8,10H2,1H3,(H,17,21). The molecule has 3 heterocycles. The first-order chi connectivity index (χ1) is 10.7. The Morgan fingerprint density at radius 1 is 1.41 bits per heavy atom. The normalized spacial score (nSPS) is 19.8. The summed E-state index contributed by atoms with van der Waals surface area (Å²) in [5.41, 5.74) is 1.13. The number of carbonyl (C=O) groups excluding carboxylic acids is 2. The topological polar surface area (TPSA) is 52.7 Å². The average molecular weight is 321 g/mol. The first kappa shape index (κ1) is 15.5. The summed E-state index contributed by atoms with van der Waals surface area (Å²) in [6.45, 7) is 6.79. The van der Waals surface area contributed by atoms with Crippen molar-refractivity contribution in [3.05, 3.63) is 21.4 Å². The van der Waals surface area contributed by atoms with Gasteiger partial charge in [-0.3, -0.25) is 9.59 Å². The maximum atomic E-state index is 12.4. The minimum absolute atomic E-state index is 0.0481. The van der Waals surface area contributed by atoms with Gasteiger partial charge in [-0.15, -0.1) is 11.3 Å². The van der Waals surface area contributed by atoms with Gasteiger partial charge in [0.15, 0.2) is 0 Å². The van der Waals surface area contributed by atoms with Crippen molar-refractivity contribution in [3.8, 4) is 0 Å². The Kier molecular flexibility index (Phi) is 4.78. The Labute approximate surface area is 135 Å². The molecule has 1 saturated heterocycles. The number of carbonyl (C=O) groups is 2. The number of amides is 2. The summed E-state index contributed by atoms with van der Waals surface area (Å²) in [5.74, 6) is 0.0481. The zero-order valence-corrected chi connectivity index (χ0v) is 13.8. The fourth-order valence-electron chi connectivity index (χ4n) is 3.21. The number of thiophene rings is 1. The van der Waals surface area contributed by atoms with Gasteiger partial charge >= 0.3 is 0 Å². The van der Waals surface area contributed by atoms with Crippen LogP contribution in [-0.4, -0.2) is 54.3 Å². The molecule has 1 aromatic heterocycles. The van der Waals surface area contributed by atoms with Crippen LogP contribution >= 0.6 is 11.3 Å². The number of nitrogens with zero attached hydrogens (tertiary/aromatic N) is 2. The molecule has 0 aliphatic carbocycles. The second-order valence-corrected chi connectivity index (χ2v) is 7.20. The minimum atomic E-state index is 0.0481. The highest BCUT2D eigenvalue weighted by Gasteiger charge is 2.23. The maximum Gasteiger partial charge on any atom is 0.261 e. The summed E-state index contributed by atoms with van der Waals surface area (Å²) >= 11 is 1.58. The van der Waals surface area contributed by atoms with E-state index in [1.54, 1.807) is 16.2 Å². The molecule has 1 fully saturated rings. The van der Waals surface area contributed by atoms with Gasteiger partial charge in [0.05, 0.1) is 4.88 Å². The molecule has 2 aliphatic heterocycles. The van der Waals surface area contributed by atoms with E-state index in [9.17, 15) is 9.59 Å². The van der Waals surface area contributed by atoms with Crippen LogP contribution in [0.15, 0.2) is 6.07 Å². The van der Waals surface area contributed by atoms with Gasteiger partial charge in [-0.25, -0.2) is 0 Å². The van der Waals surface area contributed by atoms with E-state index in [0.717, 1.165) is 62.3 Å². The number of likely N-dealkylation sites (tertiary alicyclic amines) is 1. The van der Waals surface area contributed by atoms with Crippen LogP contribution in [0.1, 0.15) is 39.9 Å². The van der Waals surface area contributed by atoms with Gasteiger partial charge in [-0.1, -0.05) is 6.92 Å². The molecule has 0 atom stereocenters. The van der Waals surface area contributed by atoms with Gasteiger partial charge in [0.2, 0.25) is 6.41 Å². The molecule has 0 radical (unpaired) electrons. The monoisotopic (exact) mass is 321 g/mol. The van der Waals surface area contributed by atoms with Crippen molar-refractivity contribution in [2.75, 3.05) is 26.2 Å². The van der Waals surface area contributed by atoms with Crippen molar-refractivity contribution in [2.24, 2.45) is 0 Å². The number of nitrogens with one attached hydrogen (secondary N) is 1. The molecule has 5 nitrogen and oxygen atoms in total. The largest absolute Gasteiger partial charge is 0.349 e. The van der Waals surface area contributed by atoms with Crippen LogP contribution < -0.4 is 5.32 Å².